The second-order valence-electron chi connectivity index (χ2n) is 7.52. The lowest BCUT2D eigenvalue weighted by Crippen LogP contribution is -2.46. The van der Waals surface area contributed by atoms with Gasteiger partial charge in [-0.25, -0.2) is 4.98 Å². The number of hydrogen-bond donors (Lipinski definition) is 1. The van der Waals surface area contributed by atoms with Crippen LogP contribution in [-0.2, 0) is 6.54 Å². The van der Waals surface area contributed by atoms with Crippen molar-refractivity contribution >= 4 is 0 Å². The van der Waals surface area contributed by atoms with Crippen molar-refractivity contribution in [2.45, 2.75) is 45.3 Å². The van der Waals surface area contributed by atoms with E-state index in [0.717, 1.165) is 51.7 Å². The molecule has 6 heteroatoms. The van der Waals surface area contributed by atoms with Gasteiger partial charge in [0, 0.05) is 26.2 Å². The average molecular weight is 321 g/mol. The van der Waals surface area contributed by atoms with Crippen LogP contribution in [0.3, 0.4) is 0 Å². The molecule has 2 fully saturated rings. The Balaban J connectivity index is 1.40. The van der Waals surface area contributed by atoms with E-state index in [4.69, 9.17) is 0 Å². The zero-order valence-corrected chi connectivity index (χ0v) is 14.3. The molecule has 1 N–H and O–H groups in total. The fourth-order valence-electron chi connectivity index (χ4n) is 3.96. The molecular weight excluding hydrogens is 290 g/mol. The van der Waals surface area contributed by atoms with Crippen molar-refractivity contribution in [1.82, 2.24) is 24.6 Å². The number of likely N-dealkylation sites (tertiary alicyclic amines) is 2. The van der Waals surface area contributed by atoms with Gasteiger partial charge in [0.15, 0.2) is 0 Å². The molecule has 0 bridgehead atoms. The second-order valence-corrected chi connectivity index (χ2v) is 7.52. The summed E-state index contributed by atoms with van der Waals surface area (Å²) in [5.41, 5.74) is 0. The van der Waals surface area contributed by atoms with Crippen LogP contribution in [0.15, 0.2) is 12.7 Å². The fourth-order valence-corrected chi connectivity index (χ4v) is 3.96. The molecule has 0 spiro atoms. The molecule has 0 radical (unpaired) electrons. The van der Waals surface area contributed by atoms with Crippen LogP contribution in [0, 0.1) is 11.8 Å². The lowest BCUT2D eigenvalue weighted by Gasteiger charge is -2.36. The van der Waals surface area contributed by atoms with E-state index in [-0.39, 0.29) is 6.10 Å². The predicted molar refractivity (Wildman–Crippen MR) is 90.0 cm³/mol. The summed E-state index contributed by atoms with van der Waals surface area (Å²) in [7, 11) is 0. The number of aliphatic hydroxyl groups excluding tert-OH is 1. The molecule has 2 saturated heterocycles. The van der Waals surface area contributed by atoms with E-state index < -0.39 is 0 Å². The minimum Gasteiger partial charge on any atom is -0.390 e. The molecule has 0 aliphatic carbocycles. The molecule has 3 rings (SSSR count). The van der Waals surface area contributed by atoms with E-state index in [2.05, 4.69) is 26.8 Å². The van der Waals surface area contributed by atoms with Crippen molar-refractivity contribution in [1.29, 1.82) is 0 Å². The molecule has 23 heavy (non-hydrogen) atoms. The minimum atomic E-state index is -0.228. The van der Waals surface area contributed by atoms with Gasteiger partial charge in [-0.15, -0.1) is 0 Å². The maximum atomic E-state index is 10.5. The highest BCUT2D eigenvalue weighted by atomic mass is 16.3. The van der Waals surface area contributed by atoms with Crippen LogP contribution in [0.25, 0.3) is 0 Å². The Morgan fingerprint density at radius 2 is 1.91 bits per heavy atom. The molecular formula is C17H31N5O. The summed E-state index contributed by atoms with van der Waals surface area (Å²) in [5, 5.41) is 14.7. The zero-order chi connectivity index (χ0) is 16.1. The van der Waals surface area contributed by atoms with Gasteiger partial charge in [0.2, 0.25) is 0 Å². The van der Waals surface area contributed by atoms with E-state index in [0.29, 0.717) is 5.92 Å². The first-order valence-corrected chi connectivity index (χ1v) is 9.14. The zero-order valence-electron chi connectivity index (χ0n) is 14.3. The molecule has 2 aliphatic rings. The Labute approximate surface area is 139 Å². The summed E-state index contributed by atoms with van der Waals surface area (Å²) in [4.78, 5) is 8.88. The van der Waals surface area contributed by atoms with Crippen LogP contribution in [-0.4, -0.2) is 75.0 Å². The second kappa shape index (κ2) is 8.22. The normalized spacial score (nSPS) is 26.4. The number of aliphatic hydroxyl groups is 1. The molecule has 6 nitrogen and oxygen atoms in total. The summed E-state index contributed by atoms with van der Waals surface area (Å²) in [6.07, 6.45) is 8.18. The van der Waals surface area contributed by atoms with Crippen LogP contribution in [0.5, 0.6) is 0 Å². The van der Waals surface area contributed by atoms with Crippen LogP contribution in [0.2, 0.25) is 0 Å². The van der Waals surface area contributed by atoms with Crippen molar-refractivity contribution < 1.29 is 5.11 Å². The Hall–Kier alpha value is -0.980. The molecule has 2 aliphatic heterocycles. The quantitative estimate of drug-likeness (QED) is 0.850. The Kier molecular flexibility index (Phi) is 6.02. The van der Waals surface area contributed by atoms with E-state index >= 15 is 0 Å². The number of nitrogens with zero attached hydrogens (tertiary/aromatic N) is 5. The molecule has 0 saturated carbocycles. The molecule has 2 atom stereocenters. The highest BCUT2D eigenvalue weighted by Crippen LogP contribution is 2.19. The lowest BCUT2D eigenvalue weighted by atomic mass is 9.97. The third-order valence-corrected chi connectivity index (χ3v) is 5.33. The molecule has 1 aromatic rings. The standard InChI is InChI=1S/C17H31N5O/c1-15-4-7-20(8-5-15)11-17(23)12-21-6-2-3-16(9-21)10-22-14-18-13-19-22/h13-17,23H,2-12H2,1H3/t16-,17+/m0/s1. The van der Waals surface area contributed by atoms with Gasteiger partial charge in [-0.2, -0.15) is 5.10 Å². The maximum Gasteiger partial charge on any atom is 0.137 e. The first kappa shape index (κ1) is 16.9. The summed E-state index contributed by atoms with van der Waals surface area (Å²) in [5.74, 6) is 1.47. The summed E-state index contributed by atoms with van der Waals surface area (Å²) < 4.78 is 1.93. The SMILES string of the molecule is CC1CCN(C[C@@H](O)CN2CCC[C@H](Cn3cncn3)C2)CC1. The van der Waals surface area contributed by atoms with Crippen LogP contribution in [0.4, 0.5) is 0 Å². The van der Waals surface area contributed by atoms with E-state index in [1.807, 2.05) is 4.68 Å². The number of piperidine rings is 2. The van der Waals surface area contributed by atoms with Crippen LogP contribution in [0.1, 0.15) is 32.6 Å². The van der Waals surface area contributed by atoms with E-state index in [1.165, 1.54) is 25.7 Å². The van der Waals surface area contributed by atoms with E-state index in [1.54, 1.807) is 12.7 Å². The van der Waals surface area contributed by atoms with Crippen molar-refractivity contribution in [3.8, 4) is 0 Å². The summed E-state index contributed by atoms with van der Waals surface area (Å²) >= 11 is 0. The number of aromatic nitrogens is 3. The van der Waals surface area contributed by atoms with Crippen molar-refractivity contribution in [2.24, 2.45) is 11.8 Å². The average Bonchev–Trinajstić information content (AvgIpc) is 3.03. The Morgan fingerprint density at radius 1 is 1.13 bits per heavy atom. The molecule has 0 unspecified atom stereocenters. The summed E-state index contributed by atoms with van der Waals surface area (Å²) in [6, 6.07) is 0. The third-order valence-electron chi connectivity index (χ3n) is 5.33. The van der Waals surface area contributed by atoms with Gasteiger partial charge in [0.1, 0.15) is 12.7 Å². The monoisotopic (exact) mass is 321 g/mol. The van der Waals surface area contributed by atoms with Crippen LogP contribution >= 0.6 is 0 Å². The smallest absolute Gasteiger partial charge is 0.137 e. The van der Waals surface area contributed by atoms with Gasteiger partial charge in [-0.3, -0.25) is 4.68 Å². The first-order chi connectivity index (χ1) is 11.2. The highest BCUT2D eigenvalue weighted by molar-refractivity contribution is 4.78. The predicted octanol–water partition coefficient (Wildman–Crippen LogP) is 1.08. The highest BCUT2D eigenvalue weighted by Gasteiger charge is 2.24. The van der Waals surface area contributed by atoms with Crippen LogP contribution < -0.4 is 0 Å². The maximum absolute atomic E-state index is 10.5. The van der Waals surface area contributed by atoms with Gasteiger partial charge in [-0.1, -0.05) is 6.92 Å². The largest absolute Gasteiger partial charge is 0.390 e. The summed E-state index contributed by atoms with van der Waals surface area (Å²) in [6.45, 7) is 9.38. The van der Waals surface area contributed by atoms with Gasteiger partial charge >= 0.3 is 0 Å². The number of β-amino-alcohol motifs (C(OH)–C–C–N with tert-alkyl or cyclic N) is 1. The van der Waals surface area contributed by atoms with E-state index in [9.17, 15) is 5.11 Å². The van der Waals surface area contributed by atoms with Gasteiger partial charge in [-0.05, 0) is 57.2 Å². The molecule has 0 aromatic carbocycles. The number of hydrogen-bond acceptors (Lipinski definition) is 5. The first-order valence-electron chi connectivity index (χ1n) is 9.14. The molecule has 130 valence electrons. The minimum absolute atomic E-state index is 0.228. The molecule has 1 aromatic heterocycles. The van der Waals surface area contributed by atoms with Gasteiger partial charge in [0.05, 0.1) is 6.10 Å². The third kappa shape index (κ3) is 5.26. The lowest BCUT2D eigenvalue weighted by molar-refractivity contribution is 0.0456. The van der Waals surface area contributed by atoms with Crippen molar-refractivity contribution in [3.63, 3.8) is 0 Å². The van der Waals surface area contributed by atoms with Gasteiger partial charge in [0.25, 0.3) is 0 Å². The van der Waals surface area contributed by atoms with Crippen molar-refractivity contribution in [2.75, 3.05) is 39.3 Å². The molecule has 0 amide bonds. The Bertz CT molecular complexity index is 444. The fraction of sp³-hybridized carbons (Fsp3) is 0.882. The molecule has 3 heterocycles. The Morgan fingerprint density at radius 3 is 2.65 bits per heavy atom. The number of rotatable bonds is 6. The van der Waals surface area contributed by atoms with Crippen molar-refractivity contribution in [3.05, 3.63) is 12.7 Å². The topological polar surface area (TPSA) is 57.4 Å². The van der Waals surface area contributed by atoms with Gasteiger partial charge < -0.3 is 14.9 Å².